The fourth-order valence-corrected chi connectivity index (χ4v) is 2.67. The van der Waals surface area contributed by atoms with E-state index in [9.17, 15) is 5.11 Å². The summed E-state index contributed by atoms with van der Waals surface area (Å²) in [4.78, 5) is 9.17. The number of β-amino-alcohol motifs (C(OH)–C–C–N with tert-alkyl or cyclic N) is 1. The lowest BCUT2D eigenvalue weighted by molar-refractivity contribution is -0.0144. The fourth-order valence-electron chi connectivity index (χ4n) is 2.67. The first-order valence-electron chi connectivity index (χ1n) is 8.28. The quantitative estimate of drug-likeness (QED) is 0.777. The van der Waals surface area contributed by atoms with Crippen molar-refractivity contribution in [3.8, 4) is 0 Å². The molecule has 1 aliphatic rings. The predicted octanol–water partition coefficient (Wildman–Crippen LogP) is 1.03. The Bertz CT molecular complexity index is 406. The third-order valence-corrected chi connectivity index (χ3v) is 3.97. The van der Waals surface area contributed by atoms with Crippen molar-refractivity contribution >= 4 is 0 Å². The van der Waals surface area contributed by atoms with Gasteiger partial charge in [0.2, 0.25) is 0 Å². The third kappa shape index (κ3) is 6.40. The van der Waals surface area contributed by atoms with Crippen LogP contribution in [0.2, 0.25) is 0 Å². The van der Waals surface area contributed by atoms with Crippen LogP contribution in [0, 0.1) is 0 Å². The molecule has 1 aromatic rings. The lowest BCUT2D eigenvalue weighted by Crippen LogP contribution is -2.49. The zero-order valence-corrected chi connectivity index (χ0v) is 13.8. The smallest absolute Gasteiger partial charge is 0.0900 e. The van der Waals surface area contributed by atoms with E-state index in [0.717, 1.165) is 44.8 Å². The summed E-state index contributed by atoms with van der Waals surface area (Å²) in [7, 11) is 0. The van der Waals surface area contributed by atoms with Crippen molar-refractivity contribution in [2.45, 2.75) is 32.5 Å². The molecule has 0 radical (unpaired) electrons. The third-order valence-electron chi connectivity index (χ3n) is 3.97. The number of aliphatic hydroxyl groups is 1. The minimum Gasteiger partial charge on any atom is -0.389 e. The molecule has 1 saturated heterocycles. The highest BCUT2D eigenvalue weighted by Crippen LogP contribution is 2.05. The van der Waals surface area contributed by atoms with Crippen LogP contribution in [0.15, 0.2) is 24.4 Å². The van der Waals surface area contributed by atoms with Crippen LogP contribution in [0.3, 0.4) is 0 Å². The minimum atomic E-state index is -0.387. The first-order valence-corrected chi connectivity index (χ1v) is 8.28. The van der Waals surface area contributed by atoms with Gasteiger partial charge in [-0.15, -0.1) is 0 Å². The van der Waals surface area contributed by atoms with Gasteiger partial charge in [-0.1, -0.05) is 6.07 Å². The molecular formula is C17H29N3O2. The highest BCUT2D eigenvalue weighted by atomic mass is 16.5. The van der Waals surface area contributed by atoms with Gasteiger partial charge in [-0.05, 0) is 26.0 Å². The van der Waals surface area contributed by atoms with Gasteiger partial charge in [-0.25, -0.2) is 0 Å². The Balaban J connectivity index is 1.61. The van der Waals surface area contributed by atoms with Crippen LogP contribution in [0.25, 0.3) is 0 Å². The number of pyridine rings is 1. The highest BCUT2D eigenvalue weighted by molar-refractivity contribution is 5.03. The van der Waals surface area contributed by atoms with E-state index in [1.807, 2.05) is 32.2 Å². The molecule has 0 aromatic carbocycles. The Kier molecular flexibility index (Phi) is 7.25. The van der Waals surface area contributed by atoms with Crippen LogP contribution in [0.5, 0.6) is 0 Å². The molecule has 1 aliphatic heterocycles. The van der Waals surface area contributed by atoms with E-state index in [1.165, 1.54) is 0 Å². The van der Waals surface area contributed by atoms with Crippen LogP contribution >= 0.6 is 0 Å². The van der Waals surface area contributed by atoms with Gasteiger partial charge in [-0.3, -0.25) is 9.88 Å². The van der Waals surface area contributed by atoms with Crippen molar-refractivity contribution in [2.75, 3.05) is 45.9 Å². The number of nitrogens with zero attached hydrogens (tertiary/aromatic N) is 3. The summed E-state index contributed by atoms with van der Waals surface area (Å²) < 4.78 is 5.46. The van der Waals surface area contributed by atoms with Crippen LogP contribution in [-0.2, 0) is 11.2 Å². The summed E-state index contributed by atoms with van der Waals surface area (Å²) in [6.45, 7) is 10.3. The van der Waals surface area contributed by atoms with Gasteiger partial charge in [-0.2, -0.15) is 0 Å². The molecule has 1 aromatic heterocycles. The van der Waals surface area contributed by atoms with Crippen molar-refractivity contribution in [1.82, 2.24) is 14.8 Å². The van der Waals surface area contributed by atoms with Crippen LogP contribution in [0.1, 0.15) is 19.5 Å². The van der Waals surface area contributed by atoms with E-state index in [0.29, 0.717) is 13.2 Å². The molecule has 0 spiro atoms. The molecule has 5 heteroatoms. The molecule has 2 rings (SSSR count). The van der Waals surface area contributed by atoms with Gasteiger partial charge in [0.05, 0.1) is 18.8 Å². The fraction of sp³-hybridized carbons (Fsp3) is 0.706. The van der Waals surface area contributed by atoms with Crippen molar-refractivity contribution < 1.29 is 9.84 Å². The van der Waals surface area contributed by atoms with Gasteiger partial charge in [0, 0.05) is 57.6 Å². The van der Waals surface area contributed by atoms with Gasteiger partial charge in [0.25, 0.3) is 0 Å². The molecule has 1 unspecified atom stereocenters. The Morgan fingerprint density at radius 2 is 1.91 bits per heavy atom. The van der Waals surface area contributed by atoms with Crippen LogP contribution in [-0.4, -0.2) is 78.0 Å². The Morgan fingerprint density at radius 1 is 1.18 bits per heavy atom. The second-order valence-electron chi connectivity index (χ2n) is 6.25. The number of aromatic nitrogens is 1. The standard InChI is InChI=1S/C17H29N3O2/c1-15(2)22-14-17(21)13-20-11-9-19(10-12-20)8-6-16-5-3-4-7-18-16/h3-5,7,15,17,21H,6,8-14H2,1-2H3. The first kappa shape index (κ1) is 17.3. The van der Waals surface area contributed by atoms with Gasteiger partial charge in [0.1, 0.15) is 0 Å². The second kappa shape index (κ2) is 9.20. The maximum Gasteiger partial charge on any atom is 0.0900 e. The molecule has 2 heterocycles. The average Bonchev–Trinajstić information content (AvgIpc) is 2.53. The molecular weight excluding hydrogens is 278 g/mol. The highest BCUT2D eigenvalue weighted by Gasteiger charge is 2.19. The normalized spacial score (nSPS) is 18.7. The van der Waals surface area contributed by atoms with Crippen molar-refractivity contribution in [2.24, 2.45) is 0 Å². The van der Waals surface area contributed by atoms with Gasteiger partial charge >= 0.3 is 0 Å². The molecule has 1 N–H and O–H groups in total. The summed E-state index contributed by atoms with van der Waals surface area (Å²) >= 11 is 0. The van der Waals surface area contributed by atoms with Crippen molar-refractivity contribution in [3.05, 3.63) is 30.1 Å². The Morgan fingerprint density at radius 3 is 2.55 bits per heavy atom. The molecule has 1 fully saturated rings. The monoisotopic (exact) mass is 307 g/mol. The zero-order chi connectivity index (χ0) is 15.8. The molecule has 0 saturated carbocycles. The molecule has 0 bridgehead atoms. The molecule has 124 valence electrons. The number of piperazine rings is 1. The van der Waals surface area contributed by atoms with E-state index in [2.05, 4.69) is 20.9 Å². The van der Waals surface area contributed by atoms with Crippen LogP contribution < -0.4 is 0 Å². The van der Waals surface area contributed by atoms with Crippen LogP contribution in [0.4, 0.5) is 0 Å². The largest absolute Gasteiger partial charge is 0.389 e. The molecule has 1 atom stereocenters. The molecule has 22 heavy (non-hydrogen) atoms. The summed E-state index contributed by atoms with van der Waals surface area (Å²) in [5.74, 6) is 0. The number of hydrogen-bond donors (Lipinski definition) is 1. The molecule has 5 nitrogen and oxygen atoms in total. The number of aliphatic hydroxyl groups excluding tert-OH is 1. The number of hydrogen-bond acceptors (Lipinski definition) is 5. The topological polar surface area (TPSA) is 48.8 Å². The van der Waals surface area contributed by atoms with Crippen molar-refractivity contribution in [1.29, 1.82) is 0 Å². The van der Waals surface area contributed by atoms with E-state index in [-0.39, 0.29) is 12.2 Å². The average molecular weight is 307 g/mol. The second-order valence-corrected chi connectivity index (χ2v) is 6.25. The van der Waals surface area contributed by atoms with E-state index in [1.54, 1.807) is 0 Å². The summed E-state index contributed by atoms with van der Waals surface area (Å²) in [6, 6.07) is 6.08. The SMILES string of the molecule is CC(C)OCC(O)CN1CCN(CCc2ccccn2)CC1. The van der Waals surface area contributed by atoms with Gasteiger partial charge in [0.15, 0.2) is 0 Å². The van der Waals surface area contributed by atoms with Gasteiger partial charge < -0.3 is 14.7 Å². The number of ether oxygens (including phenoxy) is 1. The van der Waals surface area contributed by atoms with E-state index < -0.39 is 0 Å². The minimum absolute atomic E-state index is 0.179. The molecule has 0 aliphatic carbocycles. The molecule has 0 amide bonds. The number of rotatable bonds is 8. The Hall–Kier alpha value is -1.01. The predicted molar refractivity (Wildman–Crippen MR) is 87.9 cm³/mol. The van der Waals surface area contributed by atoms with E-state index in [4.69, 9.17) is 4.74 Å². The lowest BCUT2D eigenvalue weighted by Gasteiger charge is -2.35. The van der Waals surface area contributed by atoms with Crippen molar-refractivity contribution in [3.63, 3.8) is 0 Å². The summed E-state index contributed by atoms with van der Waals surface area (Å²) in [5.41, 5.74) is 1.16. The maximum atomic E-state index is 9.98. The maximum absolute atomic E-state index is 9.98. The van der Waals surface area contributed by atoms with E-state index >= 15 is 0 Å². The summed E-state index contributed by atoms with van der Waals surface area (Å²) in [6.07, 6.45) is 2.65. The zero-order valence-electron chi connectivity index (χ0n) is 13.8. The summed E-state index contributed by atoms with van der Waals surface area (Å²) in [5, 5.41) is 9.98. The first-order chi connectivity index (χ1) is 10.6. The Labute approximate surface area is 133 Å². The lowest BCUT2D eigenvalue weighted by atomic mass is 10.2.